The van der Waals surface area contributed by atoms with Crippen LogP contribution in [0, 0.1) is 12.8 Å². The largest absolute Gasteiger partial charge is 0.493 e. The van der Waals surface area contributed by atoms with Gasteiger partial charge in [0.25, 0.3) is 0 Å². The van der Waals surface area contributed by atoms with E-state index in [4.69, 9.17) is 18.9 Å². The Morgan fingerprint density at radius 1 is 0.968 bits per heavy atom. The lowest BCUT2D eigenvalue weighted by molar-refractivity contribution is -0.149. The van der Waals surface area contributed by atoms with Gasteiger partial charge in [0.05, 0.1) is 33.4 Å². The first kappa shape index (κ1) is 47.4. The number of amides is 3. The molecule has 0 radical (unpaired) electrons. The zero-order chi connectivity index (χ0) is 45.5. The molecule has 0 aliphatic carbocycles. The number of hydrogen-bond donors (Lipinski definition) is 2. The van der Waals surface area contributed by atoms with Gasteiger partial charge in [-0.1, -0.05) is 43.2 Å². The normalized spacial score (nSPS) is 14.6. The fourth-order valence-electron chi connectivity index (χ4n) is 7.73. The summed E-state index contributed by atoms with van der Waals surface area (Å²) in [6.07, 6.45) is 2.67. The Morgan fingerprint density at radius 2 is 1.69 bits per heavy atom. The highest BCUT2D eigenvalue weighted by Crippen LogP contribution is 2.33. The van der Waals surface area contributed by atoms with Crippen molar-refractivity contribution in [2.45, 2.75) is 138 Å². The molecule has 0 bridgehead atoms. The summed E-state index contributed by atoms with van der Waals surface area (Å²) in [6.45, 7) is 18.9. The van der Waals surface area contributed by atoms with Crippen LogP contribution in [0.25, 0.3) is 10.9 Å². The second kappa shape index (κ2) is 20.0. The summed E-state index contributed by atoms with van der Waals surface area (Å²) in [5.74, 6) is -0.519. The molecule has 0 spiro atoms. The van der Waals surface area contributed by atoms with Crippen LogP contribution in [0.15, 0.2) is 42.6 Å². The SMILES string of the molecule is CC[C@H](C)[C@H](NC(=O)OC(C)(C)C)C(=O)N(Cc1ccc(OC)c(OC)c1)C(C)(C)C(=O)N[C@H](C)Cn1cc(COC(=O)CCn2c3c(c4cc(C)ccc42)CN(C)CC3)nn1. The Labute approximate surface area is 365 Å². The van der Waals surface area contributed by atoms with Crippen molar-refractivity contribution in [2.75, 3.05) is 27.8 Å². The topological polar surface area (TPSA) is 171 Å². The second-order valence-corrected chi connectivity index (χ2v) is 18.0. The molecular formula is C46H66N8O8. The number of aryl methyl sites for hydroxylation is 2. The van der Waals surface area contributed by atoms with Gasteiger partial charge in [-0.05, 0) is 96.8 Å². The lowest BCUT2D eigenvalue weighted by atomic mass is 9.93. The van der Waals surface area contributed by atoms with E-state index >= 15 is 0 Å². The fraction of sp³-hybridized carbons (Fsp3) is 0.565. The number of methoxy groups -OCH3 is 2. The van der Waals surface area contributed by atoms with Crippen molar-refractivity contribution in [3.8, 4) is 11.5 Å². The van der Waals surface area contributed by atoms with E-state index in [-0.39, 0.29) is 38.0 Å². The van der Waals surface area contributed by atoms with E-state index in [0.717, 1.165) is 25.0 Å². The number of alkyl carbamates (subject to hydrolysis) is 1. The van der Waals surface area contributed by atoms with Crippen molar-refractivity contribution in [2.24, 2.45) is 5.92 Å². The van der Waals surface area contributed by atoms with Gasteiger partial charge in [0.1, 0.15) is 29.5 Å². The molecule has 2 aromatic carbocycles. The smallest absolute Gasteiger partial charge is 0.408 e. The summed E-state index contributed by atoms with van der Waals surface area (Å²) in [6, 6.07) is 10.3. The van der Waals surface area contributed by atoms with Gasteiger partial charge in [0.2, 0.25) is 11.8 Å². The Balaban J connectivity index is 1.24. The number of benzene rings is 2. The zero-order valence-corrected chi connectivity index (χ0v) is 38.6. The molecule has 0 saturated heterocycles. The maximum atomic E-state index is 14.7. The molecule has 0 fully saturated rings. The molecule has 16 nitrogen and oxygen atoms in total. The summed E-state index contributed by atoms with van der Waals surface area (Å²) in [5.41, 5.74) is 3.92. The third-order valence-corrected chi connectivity index (χ3v) is 11.4. The summed E-state index contributed by atoms with van der Waals surface area (Å²) >= 11 is 0. The first-order valence-corrected chi connectivity index (χ1v) is 21.4. The number of nitrogens with zero attached hydrogens (tertiary/aromatic N) is 6. The van der Waals surface area contributed by atoms with Crippen LogP contribution in [0.1, 0.15) is 96.3 Å². The van der Waals surface area contributed by atoms with E-state index in [9.17, 15) is 19.2 Å². The number of hydrogen-bond acceptors (Lipinski definition) is 11. The van der Waals surface area contributed by atoms with Crippen LogP contribution < -0.4 is 20.1 Å². The van der Waals surface area contributed by atoms with Gasteiger partial charge < -0.3 is 43.9 Å². The molecule has 1 aliphatic heterocycles. The average molecular weight is 859 g/mol. The number of ether oxygens (including phenoxy) is 4. The van der Waals surface area contributed by atoms with Crippen LogP contribution in [0.4, 0.5) is 4.79 Å². The number of aromatic nitrogens is 4. The maximum absolute atomic E-state index is 14.7. The van der Waals surface area contributed by atoms with Crippen molar-refractivity contribution in [3.05, 3.63) is 70.7 Å². The molecule has 62 heavy (non-hydrogen) atoms. The molecule has 3 amide bonds. The molecule has 16 heteroatoms. The van der Waals surface area contributed by atoms with Gasteiger partial charge in [-0.3, -0.25) is 19.1 Å². The monoisotopic (exact) mass is 859 g/mol. The summed E-state index contributed by atoms with van der Waals surface area (Å²) < 4.78 is 26.0. The summed E-state index contributed by atoms with van der Waals surface area (Å²) in [4.78, 5) is 58.7. The highest BCUT2D eigenvalue weighted by Gasteiger charge is 2.43. The lowest BCUT2D eigenvalue weighted by Crippen LogP contribution is -2.62. The van der Waals surface area contributed by atoms with E-state index in [1.54, 1.807) is 63.7 Å². The number of rotatable bonds is 18. The van der Waals surface area contributed by atoms with Gasteiger partial charge in [-0.15, -0.1) is 5.10 Å². The molecule has 0 saturated carbocycles. The lowest BCUT2D eigenvalue weighted by Gasteiger charge is -2.41. The minimum absolute atomic E-state index is 0.0175. The van der Waals surface area contributed by atoms with Crippen LogP contribution in [-0.4, -0.2) is 104 Å². The van der Waals surface area contributed by atoms with Gasteiger partial charge >= 0.3 is 12.1 Å². The fourth-order valence-corrected chi connectivity index (χ4v) is 7.73. The quantitative estimate of drug-likeness (QED) is 0.114. The second-order valence-electron chi connectivity index (χ2n) is 18.0. The van der Waals surface area contributed by atoms with Crippen molar-refractivity contribution in [1.82, 2.24) is 40.0 Å². The van der Waals surface area contributed by atoms with Crippen molar-refractivity contribution >= 4 is 34.8 Å². The predicted octanol–water partition coefficient (Wildman–Crippen LogP) is 5.93. The zero-order valence-electron chi connectivity index (χ0n) is 38.6. The number of carbonyl (C=O) groups is 4. The highest BCUT2D eigenvalue weighted by molar-refractivity contribution is 5.94. The molecule has 2 aromatic heterocycles. The Bertz CT molecular complexity index is 2220. The number of esters is 1. The molecule has 5 rings (SSSR count). The van der Waals surface area contributed by atoms with Crippen molar-refractivity contribution in [1.29, 1.82) is 0 Å². The molecule has 3 atom stereocenters. The van der Waals surface area contributed by atoms with Crippen LogP contribution in [0.3, 0.4) is 0 Å². The average Bonchev–Trinajstić information content (AvgIpc) is 3.79. The van der Waals surface area contributed by atoms with Gasteiger partial charge in [-0.25, -0.2) is 4.79 Å². The minimum Gasteiger partial charge on any atom is -0.493 e. The van der Waals surface area contributed by atoms with Crippen LogP contribution in [-0.2, 0) is 63.1 Å². The van der Waals surface area contributed by atoms with Crippen LogP contribution in [0.2, 0.25) is 0 Å². The van der Waals surface area contributed by atoms with E-state index in [0.29, 0.717) is 35.7 Å². The number of likely N-dealkylation sites (N-methyl/N-ethyl adjacent to an activating group) is 1. The molecular weight excluding hydrogens is 793 g/mol. The summed E-state index contributed by atoms with van der Waals surface area (Å²) in [5, 5.41) is 15.5. The maximum Gasteiger partial charge on any atom is 0.408 e. The Morgan fingerprint density at radius 3 is 2.37 bits per heavy atom. The van der Waals surface area contributed by atoms with Crippen molar-refractivity contribution in [3.63, 3.8) is 0 Å². The first-order chi connectivity index (χ1) is 29.2. The number of fused-ring (bicyclic) bond motifs is 3. The summed E-state index contributed by atoms with van der Waals surface area (Å²) in [7, 11) is 5.19. The third kappa shape index (κ3) is 11.6. The first-order valence-electron chi connectivity index (χ1n) is 21.4. The van der Waals surface area contributed by atoms with E-state index in [1.807, 2.05) is 20.8 Å². The molecule has 338 valence electrons. The predicted molar refractivity (Wildman–Crippen MR) is 236 cm³/mol. The molecule has 4 aromatic rings. The Kier molecular flexibility index (Phi) is 15.3. The van der Waals surface area contributed by atoms with Gasteiger partial charge in [0.15, 0.2) is 11.5 Å². The van der Waals surface area contributed by atoms with Crippen LogP contribution >= 0.6 is 0 Å². The molecule has 3 heterocycles. The van der Waals surface area contributed by atoms with E-state index in [1.165, 1.54) is 41.3 Å². The molecule has 0 unspecified atom stereocenters. The Hall–Kier alpha value is -5.64. The van der Waals surface area contributed by atoms with Crippen molar-refractivity contribution < 1.29 is 38.1 Å². The molecule has 2 N–H and O–H groups in total. The third-order valence-electron chi connectivity index (χ3n) is 11.4. The number of nitrogens with one attached hydrogen (secondary N) is 2. The van der Waals surface area contributed by atoms with E-state index in [2.05, 4.69) is 62.6 Å². The number of carbonyl (C=O) groups excluding carboxylic acids is 4. The van der Waals surface area contributed by atoms with Crippen LogP contribution in [0.5, 0.6) is 11.5 Å². The van der Waals surface area contributed by atoms with E-state index < -0.39 is 41.1 Å². The highest BCUT2D eigenvalue weighted by atomic mass is 16.6. The van der Waals surface area contributed by atoms with Gasteiger partial charge in [-0.2, -0.15) is 0 Å². The standard InChI is InChI=1S/C46H66N8O8/c1-13-30(3)41(48-44(58)62-45(5,6)7)42(56)54(25-32-15-17-38(59-11)39(23-32)60-12)46(8,9)43(57)47-31(4)24-52-26-33(49-50-52)28-61-40(55)19-21-53-36-16-14-29(2)22-34(36)35-27-51(10)20-18-37(35)53/h14-17,22-23,26,30-31,41H,13,18-21,24-25,27-28H2,1-12H3,(H,47,57)(H,48,58)/t30-,31+,41-/m0/s1. The molecule has 1 aliphatic rings. The van der Waals surface area contributed by atoms with Gasteiger partial charge in [0, 0.05) is 55.2 Å². The minimum atomic E-state index is -1.41.